The SMILES string of the molecule is C=Cc1cc2occc2c(-c2ccc(C(=O)NC3CCC(C(C)(C)O)CC3)cc2)n1. The summed E-state index contributed by atoms with van der Waals surface area (Å²) in [4.78, 5) is 17.4. The van der Waals surface area contributed by atoms with Gasteiger partial charge in [-0.15, -0.1) is 0 Å². The fourth-order valence-electron chi connectivity index (χ4n) is 4.30. The van der Waals surface area contributed by atoms with Crippen LogP contribution in [-0.4, -0.2) is 27.6 Å². The molecule has 0 saturated heterocycles. The summed E-state index contributed by atoms with van der Waals surface area (Å²) in [6, 6.07) is 11.4. The summed E-state index contributed by atoms with van der Waals surface area (Å²) in [6.45, 7) is 7.54. The summed E-state index contributed by atoms with van der Waals surface area (Å²) in [6.07, 6.45) is 7.00. The van der Waals surface area contributed by atoms with Gasteiger partial charge in [0.25, 0.3) is 5.91 Å². The van der Waals surface area contributed by atoms with Crippen molar-refractivity contribution in [2.45, 2.75) is 51.2 Å². The maximum absolute atomic E-state index is 12.7. The Morgan fingerprint density at radius 2 is 1.90 bits per heavy atom. The molecule has 0 spiro atoms. The van der Waals surface area contributed by atoms with Crippen molar-refractivity contribution in [2.24, 2.45) is 5.92 Å². The monoisotopic (exact) mass is 404 g/mol. The number of carbonyl (C=O) groups excluding carboxylic acids is 1. The smallest absolute Gasteiger partial charge is 0.251 e. The van der Waals surface area contributed by atoms with Crippen LogP contribution in [0.2, 0.25) is 0 Å². The fraction of sp³-hybridized carbons (Fsp3) is 0.360. The molecule has 4 rings (SSSR count). The van der Waals surface area contributed by atoms with Gasteiger partial charge in [0.2, 0.25) is 0 Å². The lowest BCUT2D eigenvalue weighted by atomic mass is 9.77. The number of aromatic nitrogens is 1. The van der Waals surface area contributed by atoms with Crippen LogP contribution in [0, 0.1) is 5.92 Å². The van der Waals surface area contributed by atoms with Gasteiger partial charge >= 0.3 is 0 Å². The molecule has 5 nitrogen and oxygen atoms in total. The molecule has 30 heavy (non-hydrogen) atoms. The highest BCUT2D eigenvalue weighted by Crippen LogP contribution is 2.33. The van der Waals surface area contributed by atoms with Crippen molar-refractivity contribution in [3.63, 3.8) is 0 Å². The van der Waals surface area contributed by atoms with Gasteiger partial charge in [-0.2, -0.15) is 0 Å². The topological polar surface area (TPSA) is 75.4 Å². The number of fused-ring (bicyclic) bond motifs is 1. The van der Waals surface area contributed by atoms with Gasteiger partial charge in [-0.1, -0.05) is 18.7 Å². The lowest BCUT2D eigenvalue weighted by Gasteiger charge is -2.36. The molecule has 1 aromatic carbocycles. The predicted octanol–water partition coefficient (Wildman–Crippen LogP) is 5.20. The molecular formula is C25H28N2O3. The maximum Gasteiger partial charge on any atom is 0.251 e. The number of furan rings is 1. The number of benzene rings is 1. The molecule has 3 aromatic rings. The van der Waals surface area contributed by atoms with Crippen LogP contribution in [0.4, 0.5) is 0 Å². The van der Waals surface area contributed by atoms with Crippen LogP contribution in [0.15, 0.2) is 53.7 Å². The predicted molar refractivity (Wildman–Crippen MR) is 119 cm³/mol. The number of amides is 1. The molecule has 5 heteroatoms. The summed E-state index contributed by atoms with van der Waals surface area (Å²) in [5, 5.41) is 14.3. The van der Waals surface area contributed by atoms with E-state index in [1.54, 1.807) is 12.3 Å². The van der Waals surface area contributed by atoms with Crippen molar-refractivity contribution in [1.82, 2.24) is 10.3 Å². The molecule has 0 unspecified atom stereocenters. The Bertz CT molecular complexity index is 1050. The fourth-order valence-corrected chi connectivity index (χ4v) is 4.30. The molecule has 1 aliphatic carbocycles. The summed E-state index contributed by atoms with van der Waals surface area (Å²) in [5.74, 6) is 0.234. The third kappa shape index (κ3) is 4.17. The number of aliphatic hydroxyl groups is 1. The molecule has 2 aromatic heterocycles. The maximum atomic E-state index is 12.7. The van der Waals surface area contributed by atoms with Crippen LogP contribution in [0.5, 0.6) is 0 Å². The zero-order valence-corrected chi connectivity index (χ0v) is 17.5. The van der Waals surface area contributed by atoms with Crippen LogP contribution in [0.25, 0.3) is 28.3 Å². The molecule has 1 fully saturated rings. The molecule has 2 N–H and O–H groups in total. The van der Waals surface area contributed by atoms with Crippen LogP contribution in [-0.2, 0) is 0 Å². The van der Waals surface area contributed by atoms with Gasteiger partial charge in [0.05, 0.1) is 23.3 Å². The van der Waals surface area contributed by atoms with Crippen LogP contribution < -0.4 is 5.32 Å². The largest absolute Gasteiger partial charge is 0.464 e. The van der Waals surface area contributed by atoms with E-state index in [1.165, 1.54) is 0 Å². The number of pyridine rings is 1. The van der Waals surface area contributed by atoms with E-state index in [0.717, 1.165) is 53.6 Å². The van der Waals surface area contributed by atoms with E-state index < -0.39 is 5.60 Å². The second kappa shape index (κ2) is 8.07. The van der Waals surface area contributed by atoms with Crippen molar-refractivity contribution in [3.05, 3.63) is 60.5 Å². The number of hydrogen-bond donors (Lipinski definition) is 2. The molecule has 2 heterocycles. The second-order valence-corrected chi connectivity index (χ2v) is 8.69. The van der Waals surface area contributed by atoms with E-state index in [0.29, 0.717) is 11.5 Å². The van der Waals surface area contributed by atoms with Gasteiger partial charge < -0.3 is 14.8 Å². The van der Waals surface area contributed by atoms with E-state index >= 15 is 0 Å². The Morgan fingerprint density at radius 1 is 1.20 bits per heavy atom. The number of carbonyl (C=O) groups is 1. The highest BCUT2D eigenvalue weighted by atomic mass is 16.3. The van der Waals surface area contributed by atoms with E-state index in [9.17, 15) is 9.90 Å². The molecule has 0 atom stereocenters. The van der Waals surface area contributed by atoms with Gasteiger partial charge in [-0.05, 0) is 69.7 Å². The van der Waals surface area contributed by atoms with E-state index in [4.69, 9.17) is 4.42 Å². The first kappa shape index (κ1) is 20.4. The average molecular weight is 405 g/mol. The normalized spacial score (nSPS) is 19.6. The van der Waals surface area contributed by atoms with Gasteiger partial charge in [-0.25, -0.2) is 4.98 Å². The van der Waals surface area contributed by atoms with Crippen LogP contribution in [0.3, 0.4) is 0 Å². The lowest BCUT2D eigenvalue weighted by molar-refractivity contribution is -0.00257. The highest BCUT2D eigenvalue weighted by molar-refractivity contribution is 5.96. The summed E-state index contributed by atoms with van der Waals surface area (Å²) in [7, 11) is 0. The lowest BCUT2D eigenvalue weighted by Crippen LogP contribution is -2.41. The van der Waals surface area contributed by atoms with E-state index in [1.807, 2.05) is 50.2 Å². The molecule has 0 radical (unpaired) electrons. The number of nitrogens with zero attached hydrogens (tertiary/aromatic N) is 1. The first-order valence-electron chi connectivity index (χ1n) is 10.5. The Labute approximate surface area is 176 Å². The standard InChI is InChI=1S/C25H28N2O3/c1-4-19-15-22-21(13-14-30-22)23(26-19)16-5-7-17(8-6-16)24(28)27-20-11-9-18(10-12-20)25(2,3)29/h4-8,13-15,18,20,29H,1,9-12H2,2-3H3,(H,27,28). The third-order valence-corrected chi connectivity index (χ3v) is 6.16. The summed E-state index contributed by atoms with van der Waals surface area (Å²) < 4.78 is 5.53. The number of rotatable bonds is 5. The zero-order chi connectivity index (χ0) is 21.3. The van der Waals surface area contributed by atoms with E-state index in [2.05, 4.69) is 16.9 Å². The average Bonchev–Trinajstić information content (AvgIpc) is 3.21. The molecule has 0 aliphatic heterocycles. The number of hydrogen-bond acceptors (Lipinski definition) is 4. The van der Waals surface area contributed by atoms with Crippen molar-refractivity contribution in [3.8, 4) is 11.3 Å². The van der Waals surface area contributed by atoms with Crippen molar-refractivity contribution in [2.75, 3.05) is 0 Å². The Hall–Kier alpha value is -2.92. The third-order valence-electron chi connectivity index (χ3n) is 6.16. The quantitative estimate of drug-likeness (QED) is 0.613. The molecule has 0 bridgehead atoms. The number of nitrogens with one attached hydrogen (secondary N) is 1. The first-order chi connectivity index (χ1) is 14.3. The van der Waals surface area contributed by atoms with Gasteiger partial charge in [-0.3, -0.25) is 4.79 Å². The Balaban J connectivity index is 1.46. The van der Waals surface area contributed by atoms with Crippen molar-refractivity contribution < 1.29 is 14.3 Å². The van der Waals surface area contributed by atoms with Gasteiger partial charge in [0.15, 0.2) is 0 Å². The second-order valence-electron chi connectivity index (χ2n) is 8.69. The minimum absolute atomic E-state index is 0.0606. The Kier molecular flexibility index (Phi) is 5.48. The Morgan fingerprint density at radius 3 is 2.53 bits per heavy atom. The van der Waals surface area contributed by atoms with E-state index in [-0.39, 0.29) is 11.9 Å². The van der Waals surface area contributed by atoms with Crippen LogP contribution >= 0.6 is 0 Å². The van der Waals surface area contributed by atoms with Gasteiger partial charge in [0.1, 0.15) is 5.58 Å². The summed E-state index contributed by atoms with van der Waals surface area (Å²) >= 11 is 0. The zero-order valence-electron chi connectivity index (χ0n) is 17.5. The molecular weight excluding hydrogens is 376 g/mol. The first-order valence-corrected chi connectivity index (χ1v) is 10.5. The van der Waals surface area contributed by atoms with Gasteiger partial charge in [0, 0.05) is 28.6 Å². The van der Waals surface area contributed by atoms with Crippen molar-refractivity contribution >= 4 is 23.0 Å². The molecule has 156 valence electrons. The van der Waals surface area contributed by atoms with Crippen LogP contribution in [0.1, 0.15) is 55.6 Å². The minimum atomic E-state index is -0.651. The highest BCUT2D eigenvalue weighted by Gasteiger charge is 2.31. The van der Waals surface area contributed by atoms with Crippen molar-refractivity contribution in [1.29, 1.82) is 0 Å². The molecule has 1 amide bonds. The molecule has 1 aliphatic rings. The summed E-state index contributed by atoms with van der Waals surface area (Å²) in [5.41, 5.74) is 3.23. The molecule has 1 saturated carbocycles. The minimum Gasteiger partial charge on any atom is -0.464 e.